The molecule has 0 saturated heterocycles. The SMILES string of the molecule is CCNCc1cc(Br)cc(C)c1OCc1ccc(I)cc1. The van der Waals surface area contributed by atoms with Crippen LogP contribution in [0.4, 0.5) is 0 Å². The van der Waals surface area contributed by atoms with Gasteiger partial charge in [0, 0.05) is 20.2 Å². The molecule has 2 aromatic carbocycles. The van der Waals surface area contributed by atoms with Crippen LogP contribution in [0.3, 0.4) is 0 Å². The molecule has 0 amide bonds. The number of halogens is 2. The second-order valence-corrected chi connectivity index (χ2v) is 7.07. The molecule has 1 N–H and O–H groups in total. The summed E-state index contributed by atoms with van der Waals surface area (Å²) in [6.45, 7) is 6.56. The largest absolute Gasteiger partial charge is 0.488 e. The Labute approximate surface area is 148 Å². The van der Waals surface area contributed by atoms with Crippen LogP contribution in [0.5, 0.6) is 5.75 Å². The Morgan fingerprint density at radius 3 is 2.57 bits per heavy atom. The average Bonchev–Trinajstić information content (AvgIpc) is 2.45. The first-order chi connectivity index (χ1) is 10.1. The second-order valence-electron chi connectivity index (χ2n) is 4.91. The lowest BCUT2D eigenvalue weighted by atomic mass is 10.1. The number of ether oxygens (including phenoxy) is 1. The van der Waals surface area contributed by atoms with Crippen LogP contribution in [0.2, 0.25) is 0 Å². The van der Waals surface area contributed by atoms with Gasteiger partial charge < -0.3 is 10.1 Å². The van der Waals surface area contributed by atoms with Crippen LogP contribution >= 0.6 is 38.5 Å². The van der Waals surface area contributed by atoms with Crippen molar-refractivity contribution in [3.8, 4) is 5.75 Å². The fourth-order valence-electron chi connectivity index (χ4n) is 2.13. The summed E-state index contributed by atoms with van der Waals surface area (Å²) in [4.78, 5) is 0. The third-order valence-electron chi connectivity index (χ3n) is 3.18. The van der Waals surface area contributed by atoms with Crippen LogP contribution in [-0.4, -0.2) is 6.54 Å². The van der Waals surface area contributed by atoms with E-state index in [2.05, 4.69) is 94.1 Å². The molecular weight excluding hydrogens is 441 g/mol. The molecular formula is C17H19BrINO. The van der Waals surface area contributed by atoms with Crippen LogP contribution in [0.15, 0.2) is 40.9 Å². The monoisotopic (exact) mass is 459 g/mol. The Balaban J connectivity index is 2.15. The van der Waals surface area contributed by atoms with Gasteiger partial charge in [-0.15, -0.1) is 0 Å². The maximum atomic E-state index is 6.08. The molecule has 0 bridgehead atoms. The quantitative estimate of drug-likeness (QED) is 0.610. The van der Waals surface area contributed by atoms with Crippen molar-refractivity contribution in [1.29, 1.82) is 0 Å². The minimum absolute atomic E-state index is 0.596. The van der Waals surface area contributed by atoms with E-state index in [1.54, 1.807) is 0 Å². The van der Waals surface area contributed by atoms with E-state index in [0.29, 0.717) is 6.61 Å². The van der Waals surface area contributed by atoms with Gasteiger partial charge in [-0.1, -0.05) is 35.0 Å². The lowest BCUT2D eigenvalue weighted by Gasteiger charge is -2.15. The zero-order valence-corrected chi connectivity index (χ0v) is 16.0. The number of aryl methyl sites for hydroxylation is 1. The molecule has 0 saturated carbocycles. The molecule has 0 heterocycles. The number of nitrogens with one attached hydrogen (secondary N) is 1. The molecule has 0 aliphatic carbocycles. The summed E-state index contributed by atoms with van der Waals surface area (Å²) >= 11 is 5.87. The van der Waals surface area contributed by atoms with Crippen molar-refractivity contribution in [1.82, 2.24) is 5.32 Å². The Hall–Kier alpha value is -0.590. The minimum atomic E-state index is 0.596. The van der Waals surface area contributed by atoms with Gasteiger partial charge in [-0.05, 0) is 71.5 Å². The molecule has 0 fully saturated rings. The molecule has 0 unspecified atom stereocenters. The van der Waals surface area contributed by atoms with Gasteiger partial charge in [0.1, 0.15) is 12.4 Å². The number of rotatable bonds is 6. The number of hydrogen-bond acceptors (Lipinski definition) is 2. The van der Waals surface area contributed by atoms with Crippen molar-refractivity contribution < 1.29 is 4.74 Å². The van der Waals surface area contributed by atoms with Crippen LogP contribution < -0.4 is 10.1 Å². The predicted octanol–water partition coefficient (Wildman–Crippen LogP) is 5.05. The Morgan fingerprint density at radius 1 is 1.19 bits per heavy atom. The predicted molar refractivity (Wildman–Crippen MR) is 99.8 cm³/mol. The maximum Gasteiger partial charge on any atom is 0.127 e. The summed E-state index contributed by atoms with van der Waals surface area (Å²) in [5.74, 6) is 0.984. The van der Waals surface area contributed by atoms with Crippen molar-refractivity contribution in [2.24, 2.45) is 0 Å². The Bertz CT molecular complexity index is 598. The molecule has 0 atom stereocenters. The molecule has 0 aliphatic rings. The van der Waals surface area contributed by atoms with Crippen molar-refractivity contribution in [3.05, 3.63) is 61.1 Å². The number of hydrogen-bond donors (Lipinski definition) is 1. The summed E-state index contributed by atoms with van der Waals surface area (Å²) in [6.07, 6.45) is 0. The molecule has 4 heteroatoms. The topological polar surface area (TPSA) is 21.3 Å². The van der Waals surface area contributed by atoms with E-state index < -0.39 is 0 Å². The van der Waals surface area contributed by atoms with Crippen molar-refractivity contribution in [3.63, 3.8) is 0 Å². The first-order valence-corrected chi connectivity index (χ1v) is 8.84. The smallest absolute Gasteiger partial charge is 0.127 e. The summed E-state index contributed by atoms with van der Waals surface area (Å²) < 4.78 is 8.41. The average molecular weight is 460 g/mol. The van der Waals surface area contributed by atoms with Crippen molar-refractivity contribution in [2.75, 3.05) is 6.54 Å². The van der Waals surface area contributed by atoms with Crippen LogP contribution in [0, 0.1) is 10.5 Å². The van der Waals surface area contributed by atoms with Crippen molar-refractivity contribution >= 4 is 38.5 Å². The second kappa shape index (κ2) is 8.15. The summed E-state index contributed by atoms with van der Waals surface area (Å²) in [7, 11) is 0. The van der Waals surface area contributed by atoms with E-state index >= 15 is 0 Å². The summed E-state index contributed by atoms with van der Waals surface area (Å²) in [5.41, 5.74) is 3.53. The van der Waals surface area contributed by atoms with E-state index in [9.17, 15) is 0 Å². The highest BCUT2D eigenvalue weighted by molar-refractivity contribution is 14.1. The van der Waals surface area contributed by atoms with Crippen LogP contribution in [0.1, 0.15) is 23.6 Å². The first-order valence-electron chi connectivity index (χ1n) is 6.97. The zero-order chi connectivity index (χ0) is 15.2. The number of benzene rings is 2. The molecule has 2 rings (SSSR count). The highest BCUT2D eigenvalue weighted by Gasteiger charge is 2.09. The lowest BCUT2D eigenvalue weighted by Crippen LogP contribution is -2.13. The van der Waals surface area contributed by atoms with E-state index in [1.165, 1.54) is 14.7 Å². The van der Waals surface area contributed by atoms with Gasteiger partial charge in [0.2, 0.25) is 0 Å². The van der Waals surface area contributed by atoms with Gasteiger partial charge in [0.25, 0.3) is 0 Å². The highest BCUT2D eigenvalue weighted by Crippen LogP contribution is 2.29. The summed E-state index contributed by atoms with van der Waals surface area (Å²) in [6, 6.07) is 12.7. The van der Waals surface area contributed by atoms with Gasteiger partial charge in [0.05, 0.1) is 0 Å². The standard InChI is InChI=1S/C17H19BrINO/c1-3-20-10-14-9-15(18)8-12(2)17(14)21-11-13-4-6-16(19)7-5-13/h4-9,20H,3,10-11H2,1-2H3. The third kappa shape index (κ3) is 4.97. The van der Waals surface area contributed by atoms with Crippen LogP contribution in [0.25, 0.3) is 0 Å². The molecule has 0 spiro atoms. The van der Waals surface area contributed by atoms with Crippen molar-refractivity contribution in [2.45, 2.75) is 27.0 Å². The van der Waals surface area contributed by atoms with Gasteiger partial charge in [-0.2, -0.15) is 0 Å². The maximum absolute atomic E-state index is 6.08. The molecule has 2 nitrogen and oxygen atoms in total. The lowest BCUT2D eigenvalue weighted by molar-refractivity contribution is 0.300. The van der Waals surface area contributed by atoms with Crippen LogP contribution in [-0.2, 0) is 13.2 Å². The highest BCUT2D eigenvalue weighted by atomic mass is 127. The Morgan fingerprint density at radius 2 is 1.90 bits per heavy atom. The van der Waals surface area contributed by atoms with E-state index in [1.807, 2.05) is 0 Å². The first kappa shape index (κ1) is 16.8. The molecule has 0 aromatic heterocycles. The summed E-state index contributed by atoms with van der Waals surface area (Å²) in [5, 5.41) is 3.36. The van der Waals surface area contributed by atoms with Gasteiger partial charge >= 0.3 is 0 Å². The fraction of sp³-hybridized carbons (Fsp3) is 0.294. The third-order valence-corrected chi connectivity index (χ3v) is 4.36. The minimum Gasteiger partial charge on any atom is -0.488 e. The zero-order valence-electron chi connectivity index (χ0n) is 12.2. The molecule has 0 aliphatic heterocycles. The van der Waals surface area contributed by atoms with E-state index in [0.717, 1.165) is 28.9 Å². The Kier molecular flexibility index (Phi) is 6.51. The molecule has 112 valence electrons. The molecule has 0 radical (unpaired) electrons. The van der Waals surface area contributed by atoms with E-state index in [-0.39, 0.29) is 0 Å². The van der Waals surface area contributed by atoms with Gasteiger partial charge in [-0.3, -0.25) is 0 Å². The molecule has 2 aromatic rings. The molecule has 21 heavy (non-hydrogen) atoms. The van der Waals surface area contributed by atoms with Gasteiger partial charge in [-0.25, -0.2) is 0 Å². The van der Waals surface area contributed by atoms with E-state index in [4.69, 9.17) is 4.74 Å². The normalized spacial score (nSPS) is 10.7. The van der Waals surface area contributed by atoms with Gasteiger partial charge in [0.15, 0.2) is 0 Å². The fourth-order valence-corrected chi connectivity index (χ4v) is 3.11.